The first kappa shape index (κ1) is 13.6. The van der Waals surface area contributed by atoms with Gasteiger partial charge in [0.2, 0.25) is 5.76 Å². The Balaban J connectivity index is 2.15. The molecule has 1 amide bonds. The smallest absolute Gasteiger partial charge is 0.325 e. The van der Waals surface area contributed by atoms with Crippen LogP contribution in [0.1, 0.15) is 41.9 Å². The van der Waals surface area contributed by atoms with Crippen LogP contribution in [0.4, 0.5) is 0 Å². The van der Waals surface area contributed by atoms with E-state index in [0.29, 0.717) is 5.69 Å². The number of ether oxygens (including phenoxy) is 1. The first-order valence-electron chi connectivity index (χ1n) is 6.43. The Hall–Kier alpha value is -1.85. The first-order chi connectivity index (χ1) is 9.11. The Morgan fingerprint density at radius 2 is 2.16 bits per heavy atom. The van der Waals surface area contributed by atoms with Crippen molar-refractivity contribution < 1.29 is 18.8 Å². The minimum absolute atomic E-state index is 0.0419. The molecule has 0 atom stereocenters. The summed E-state index contributed by atoms with van der Waals surface area (Å²) in [5, 5.41) is 3.71. The van der Waals surface area contributed by atoms with Crippen LogP contribution in [-0.4, -0.2) is 41.6 Å². The normalized spacial score (nSPS) is 15.5. The topological polar surface area (TPSA) is 72.6 Å². The second-order valence-electron chi connectivity index (χ2n) is 4.78. The SMILES string of the molecule is COC(=O)CN(C(=O)c1cc(C)no1)C1CCCC1. The first-order valence-corrected chi connectivity index (χ1v) is 6.43. The Bertz CT molecular complexity index is 463. The molecular formula is C13H18N2O4. The maximum absolute atomic E-state index is 12.4. The Morgan fingerprint density at radius 3 is 2.68 bits per heavy atom. The summed E-state index contributed by atoms with van der Waals surface area (Å²) in [4.78, 5) is 25.4. The van der Waals surface area contributed by atoms with E-state index >= 15 is 0 Å². The van der Waals surface area contributed by atoms with Gasteiger partial charge in [0.15, 0.2) is 0 Å². The van der Waals surface area contributed by atoms with Crippen molar-refractivity contribution in [1.82, 2.24) is 10.1 Å². The third kappa shape index (κ3) is 3.13. The van der Waals surface area contributed by atoms with Crippen molar-refractivity contribution >= 4 is 11.9 Å². The molecule has 1 aliphatic rings. The molecule has 0 bridgehead atoms. The molecule has 0 spiro atoms. The van der Waals surface area contributed by atoms with Gasteiger partial charge in [0.25, 0.3) is 5.91 Å². The van der Waals surface area contributed by atoms with E-state index in [1.165, 1.54) is 7.11 Å². The molecule has 0 aliphatic heterocycles. The highest BCUT2D eigenvalue weighted by atomic mass is 16.5. The predicted octanol–water partition coefficient (Wildman–Crippen LogP) is 1.54. The standard InChI is InChI=1S/C13H18N2O4/c1-9-7-11(19-14-9)13(17)15(8-12(16)18-2)10-5-3-4-6-10/h7,10H,3-6,8H2,1-2H3. The number of hydrogen-bond donors (Lipinski definition) is 0. The zero-order chi connectivity index (χ0) is 13.8. The third-order valence-corrected chi connectivity index (χ3v) is 3.39. The quantitative estimate of drug-likeness (QED) is 0.773. The van der Waals surface area contributed by atoms with Gasteiger partial charge in [-0.3, -0.25) is 9.59 Å². The van der Waals surface area contributed by atoms with Gasteiger partial charge in [-0.1, -0.05) is 18.0 Å². The fraction of sp³-hybridized carbons (Fsp3) is 0.615. The molecule has 0 aromatic carbocycles. The number of aromatic nitrogens is 1. The van der Waals surface area contributed by atoms with Crippen LogP contribution in [0.15, 0.2) is 10.6 Å². The van der Waals surface area contributed by atoms with E-state index < -0.39 is 5.97 Å². The summed E-state index contributed by atoms with van der Waals surface area (Å²) in [5.41, 5.74) is 0.646. The number of carbonyl (C=O) groups excluding carboxylic acids is 2. The summed E-state index contributed by atoms with van der Waals surface area (Å²) >= 11 is 0. The molecule has 104 valence electrons. The molecule has 1 aromatic rings. The number of aryl methyl sites for hydroxylation is 1. The van der Waals surface area contributed by atoms with Gasteiger partial charge in [-0.15, -0.1) is 0 Å². The van der Waals surface area contributed by atoms with Crippen LogP contribution in [-0.2, 0) is 9.53 Å². The van der Waals surface area contributed by atoms with Crippen LogP contribution >= 0.6 is 0 Å². The highest BCUT2D eigenvalue weighted by Crippen LogP contribution is 2.25. The van der Waals surface area contributed by atoms with Crippen molar-refractivity contribution in [2.45, 2.75) is 38.6 Å². The minimum atomic E-state index is -0.420. The van der Waals surface area contributed by atoms with Crippen LogP contribution in [0.5, 0.6) is 0 Å². The average Bonchev–Trinajstić information content (AvgIpc) is 3.05. The summed E-state index contributed by atoms with van der Waals surface area (Å²) in [6.45, 7) is 1.71. The molecule has 2 rings (SSSR count). The molecule has 1 aliphatic carbocycles. The van der Waals surface area contributed by atoms with Gasteiger partial charge in [0.05, 0.1) is 12.8 Å². The van der Waals surface area contributed by atoms with Crippen molar-refractivity contribution in [2.75, 3.05) is 13.7 Å². The lowest BCUT2D eigenvalue weighted by molar-refractivity contribution is -0.141. The number of amides is 1. The van der Waals surface area contributed by atoms with Gasteiger partial charge in [-0.2, -0.15) is 0 Å². The second kappa shape index (κ2) is 5.86. The van der Waals surface area contributed by atoms with Gasteiger partial charge < -0.3 is 14.2 Å². The Labute approximate surface area is 111 Å². The van der Waals surface area contributed by atoms with Crippen LogP contribution in [0, 0.1) is 6.92 Å². The molecule has 19 heavy (non-hydrogen) atoms. The van der Waals surface area contributed by atoms with Crippen LogP contribution in [0.2, 0.25) is 0 Å². The summed E-state index contributed by atoms with van der Waals surface area (Å²) in [6, 6.07) is 1.67. The maximum Gasteiger partial charge on any atom is 0.325 e. The van der Waals surface area contributed by atoms with E-state index in [1.54, 1.807) is 17.9 Å². The fourth-order valence-corrected chi connectivity index (χ4v) is 2.39. The molecule has 0 saturated heterocycles. The molecule has 1 saturated carbocycles. The monoisotopic (exact) mass is 266 g/mol. The lowest BCUT2D eigenvalue weighted by Gasteiger charge is -2.26. The molecule has 0 radical (unpaired) electrons. The van der Waals surface area contributed by atoms with Crippen molar-refractivity contribution in [3.8, 4) is 0 Å². The van der Waals surface area contributed by atoms with E-state index in [2.05, 4.69) is 9.89 Å². The molecule has 0 unspecified atom stereocenters. The molecule has 6 heteroatoms. The molecule has 1 heterocycles. The van der Waals surface area contributed by atoms with Crippen LogP contribution < -0.4 is 0 Å². The van der Waals surface area contributed by atoms with Crippen LogP contribution in [0.3, 0.4) is 0 Å². The average molecular weight is 266 g/mol. The van der Waals surface area contributed by atoms with Gasteiger partial charge >= 0.3 is 5.97 Å². The van der Waals surface area contributed by atoms with Crippen molar-refractivity contribution in [1.29, 1.82) is 0 Å². The molecular weight excluding hydrogens is 248 g/mol. The number of carbonyl (C=O) groups is 2. The number of hydrogen-bond acceptors (Lipinski definition) is 5. The minimum Gasteiger partial charge on any atom is -0.468 e. The van der Waals surface area contributed by atoms with Crippen molar-refractivity contribution in [3.05, 3.63) is 17.5 Å². The number of esters is 1. The second-order valence-corrected chi connectivity index (χ2v) is 4.78. The molecule has 6 nitrogen and oxygen atoms in total. The van der Waals surface area contributed by atoms with E-state index in [4.69, 9.17) is 4.52 Å². The third-order valence-electron chi connectivity index (χ3n) is 3.39. The maximum atomic E-state index is 12.4. The predicted molar refractivity (Wildman–Crippen MR) is 66.5 cm³/mol. The van der Waals surface area contributed by atoms with Crippen molar-refractivity contribution in [3.63, 3.8) is 0 Å². The highest BCUT2D eigenvalue weighted by molar-refractivity contribution is 5.93. The van der Waals surface area contributed by atoms with Gasteiger partial charge in [-0.05, 0) is 19.8 Å². The molecule has 1 fully saturated rings. The summed E-state index contributed by atoms with van der Waals surface area (Å²) in [5.74, 6) is -0.539. The van der Waals surface area contributed by atoms with Gasteiger partial charge in [0, 0.05) is 12.1 Å². The summed E-state index contributed by atoms with van der Waals surface area (Å²) in [6.07, 6.45) is 3.97. The van der Waals surface area contributed by atoms with E-state index in [9.17, 15) is 9.59 Å². The van der Waals surface area contributed by atoms with Gasteiger partial charge in [-0.25, -0.2) is 0 Å². The van der Waals surface area contributed by atoms with E-state index in [-0.39, 0.29) is 24.3 Å². The van der Waals surface area contributed by atoms with E-state index in [0.717, 1.165) is 25.7 Å². The van der Waals surface area contributed by atoms with Gasteiger partial charge in [0.1, 0.15) is 6.54 Å². The zero-order valence-corrected chi connectivity index (χ0v) is 11.2. The van der Waals surface area contributed by atoms with E-state index in [1.807, 2.05) is 0 Å². The Kier molecular flexibility index (Phi) is 4.19. The largest absolute Gasteiger partial charge is 0.468 e. The molecule has 1 aromatic heterocycles. The number of nitrogens with zero attached hydrogens (tertiary/aromatic N) is 2. The summed E-state index contributed by atoms with van der Waals surface area (Å²) in [7, 11) is 1.32. The Morgan fingerprint density at radius 1 is 1.47 bits per heavy atom. The number of rotatable bonds is 4. The van der Waals surface area contributed by atoms with Crippen LogP contribution in [0.25, 0.3) is 0 Å². The summed E-state index contributed by atoms with van der Waals surface area (Å²) < 4.78 is 9.64. The fourth-order valence-electron chi connectivity index (χ4n) is 2.39. The zero-order valence-electron chi connectivity index (χ0n) is 11.2. The lowest BCUT2D eigenvalue weighted by Crippen LogP contribution is -2.42. The van der Waals surface area contributed by atoms with Crippen molar-refractivity contribution in [2.24, 2.45) is 0 Å². The molecule has 0 N–H and O–H groups in total. The lowest BCUT2D eigenvalue weighted by atomic mass is 10.2. The highest BCUT2D eigenvalue weighted by Gasteiger charge is 2.31. The number of methoxy groups -OCH3 is 1.